The van der Waals surface area contributed by atoms with Crippen molar-refractivity contribution in [2.45, 2.75) is 111 Å². The molecule has 6 rings (SSSR count). The number of hydrogen-bond acceptors (Lipinski definition) is 18. The quantitative estimate of drug-likeness (QED) is 0.132. The van der Waals surface area contributed by atoms with Crippen LogP contribution in [0.15, 0.2) is 48.5 Å². The van der Waals surface area contributed by atoms with Crippen molar-refractivity contribution < 1.29 is 80.9 Å². The summed E-state index contributed by atoms with van der Waals surface area (Å²) in [6.07, 6.45) is -5.42. The zero-order valence-corrected chi connectivity index (χ0v) is 36.1. The monoisotopic (exact) mass is 875 g/mol. The van der Waals surface area contributed by atoms with Crippen molar-refractivity contribution >= 4 is 41.8 Å². The Morgan fingerprint density at radius 2 is 1.27 bits per heavy atom. The average molecular weight is 876 g/mol. The van der Waals surface area contributed by atoms with E-state index in [1.165, 1.54) is 34.8 Å². The average Bonchev–Trinajstić information content (AvgIpc) is 3.19. The van der Waals surface area contributed by atoms with Crippen LogP contribution in [0, 0.1) is 0 Å². The predicted octanol–water partition coefficient (Wildman–Crippen LogP) is 4.37. The number of rotatable bonds is 13. The van der Waals surface area contributed by atoms with E-state index in [0.717, 1.165) is 43.0 Å². The Morgan fingerprint density at radius 1 is 0.651 bits per heavy atom. The molecule has 3 aliphatic heterocycles. The van der Waals surface area contributed by atoms with Gasteiger partial charge in [-0.1, -0.05) is 18.2 Å². The minimum Gasteiger partial charge on any atom is -0.493 e. The summed E-state index contributed by atoms with van der Waals surface area (Å²) in [6.45, 7) is 8.55. The smallest absolute Gasteiger partial charge is 0.308 e. The molecule has 3 aromatic rings. The van der Waals surface area contributed by atoms with Crippen LogP contribution >= 0.6 is 0 Å². The summed E-state index contributed by atoms with van der Waals surface area (Å²) in [5, 5.41) is 0. The van der Waals surface area contributed by atoms with Crippen LogP contribution in [0.5, 0.6) is 28.7 Å². The van der Waals surface area contributed by atoms with E-state index in [2.05, 4.69) is 4.90 Å². The number of ether oxygens (including phenoxy) is 10. The largest absolute Gasteiger partial charge is 0.493 e. The molecular weight excluding hydrogens is 826 g/mol. The van der Waals surface area contributed by atoms with Crippen LogP contribution in [-0.4, -0.2) is 97.7 Å². The zero-order chi connectivity index (χ0) is 45.7. The van der Waals surface area contributed by atoms with Gasteiger partial charge in [-0.15, -0.1) is 0 Å². The van der Waals surface area contributed by atoms with Gasteiger partial charge in [0.05, 0.1) is 7.11 Å². The molecule has 7 atom stereocenters. The number of fused-ring (bicyclic) bond motifs is 4. The van der Waals surface area contributed by atoms with Crippen LogP contribution < -0.4 is 23.7 Å². The fraction of sp³-hybridized carbons (Fsp3) is 0.444. The molecule has 3 aliphatic rings. The Labute approximate surface area is 362 Å². The van der Waals surface area contributed by atoms with Crippen LogP contribution in [-0.2, 0) is 76.5 Å². The first-order valence-corrected chi connectivity index (χ1v) is 20.2. The maximum atomic E-state index is 12.6. The molecule has 63 heavy (non-hydrogen) atoms. The normalized spacial score (nSPS) is 22.4. The van der Waals surface area contributed by atoms with E-state index < -0.39 is 85.1 Å². The molecule has 0 bridgehead atoms. The highest BCUT2D eigenvalue weighted by atomic mass is 16.7. The highest BCUT2D eigenvalue weighted by Crippen LogP contribution is 2.52. The molecule has 0 radical (unpaired) electrons. The number of carbonyl (C=O) groups excluding carboxylic acids is 7. The molecule has 18 heteroatoms. The lowest BCUT2D eigenvalue weighted by Gasteiger charge is -2.47. The third-order valence-corrected chi connectivity index (χ3v) is 10.5. The summed E-state index contributed by atoms with van der Waals surface area (Å²) in [6, 6.07) is 13.5. The molecule has 18 nitrogen and oxygen atoms in total. The topological polar surface area (TPSA) is 215 Å². The number of carbonyl (C=O) groups is 7. The maximum absolute atomic E-state index is 12.6. The molecule has 3 aromatic carbocycles. The molecule has 0 aliphatic carbocycles. The van der Waals surface area contributed by atoms with Crippen molar-refractivity contribution in [3.05, 3.63) is 76.3 Å². The minimum atomic E-state index is -1.44. The lowest BCUT2D eigenvalue weighted by atomic mass is 9.78. The van der Waals surface area contributed by atoms with Crippen molar-refractivity contribution in [2.75, 3.05) is 20.3 Å². The molecule has 0 amide bonds. The second kappa shape index (κ2) is 19.7. The summed E-state index contributed by atoms with van der Waals surface area (Å²) in [5.74, 6) is -3.47. The van der Waals surface area contributed by atoms with Gasteiger partial charge in [-0.05, 0) is 71.8 Å². The molecule has 1 saturated heterocycles. The Morgan fingerprint density at radius 3 is 1.87 bits per heavy atom. The highest BCUT2D eigenvalue weighted by Gasteiger charge is 2.53. The molecule has 0 unspecified atom stereocenters. The van der Waals surface area contributed by atoms with E-state index in [4.69, 9.17) is 47.4 Å². The number of hydrogen-bond donors (Lipinski definition) is 0. The van der Waals surface area contributed by atoms with Gasteiger partial charge in [0.1, 0.15) is 18.5 Å². The molecular formula is C45H49NO17. The highest BCUT2D eigenvalue weighted by molar-refractivity contribution is 5.76. The van der Waals surface area contributed by atoms with Gasteiger partial charge in [0, 0.05) is 72.7 Å². The Balaban J connectivity index is 1.37. The van der Waals surface area contributed by atoms with Gasteiger partial charge in [0.2, 0.25) is 12.4 Å². The molecule has 0 N–H and O–H groups in total. The fourth-order valence-corrected chi connectivity index (χ4v) is 8.31. The van der Waals surface area contributed by atoms with E-state index in [-0.39, 0.29) is 23.3 Å². The van der Waals surface area contributed by atoms with Crippen LogP contribution in [0.1, 0.15) is 88.4 Å². The SMILES string of the molecule is COc1cc2c(cc1OC(C)=O)CCN1[C@H](Cc3ccc(O[C@@H]4O[C@H](COC(C)=O)[C@@H](OC(C)=O)[C@H](OC(C)=O)[C@H]4OC(C)=O)cc3)c3c(ccc(OC(C)=O)c3OC(C)=O)C[C@@H]21. The summed E-state index contributed by atoms with van der Waals surface area (Å²) in [7, 11) is 1.50. The molecule has 1 fully saturated rings. The lowest BCUT2D eigenvalue weighted by Crippen LogP contribution is -2.63. The van der Waals surface area contributed by atoms with Gasteiger partial charge in [-0.25, -0.2) is 0 Å². The van der Waals surface area contributed by atoms with Crippen molar-refractivity contribution in [3.8, 4) is 28.7 Å². The van der Waals surface area contributed by atoms with Crippen LogP contribution in [0.3, 0.4) is 0 Å². The third-order valence-electron chi connectivity index (χ3n) is 10.5. The van der Waals surface area contributed by atoms with Crippen molar-refractivity contribution in [1.29, 1.82) is 0 Å². The summed E-state index contributed by atoms with van der Waals surface area (Å²) in [5.41, 5.74) is 4.28. The van der Waals surface area contributed by atoms with Crippen molar-refractivity contribution in [3.63, 3.8) is 0 Å². The van der Waals surface area contributed by atoms with E-state index in [1.54, 1.807) is 30.3 Å². The van der Waals surface area contributed by atoms with E-state index in [0.29, 0.717) is 42.9 Å². The Kier molecular flexibility index (Phi) is 14.4. The molecule has 0 saturated carbocycles. The maximum Gasteiger partial charge on any atom is 0.308 e. The van der Waals surface area contributed by atoms with Crippen LogP contribution in [0.2, 0.25) is 0 Å². The number of benzene rings is 3. The van der Waals surface area contributed by atoms with Gasteiger partial charge in [0.25, 0.3) is 0 Å². The number of nitrogens with zero attached hydrogens (tertiary/aromatic N) is 1. The first-order valence-electron chi connectivity index (χ1n) is 20.2. The van der Waals surface area contributed by atoms with Crippen molar-refractivity contribution in [2.24, 2.45) is 0 Å². The minimum absolute atomic E-state index is 0.0959. The summed E-state index contributed by atoms with van der Waals surface area (Å²) in [4.78, 5) is 87.7. The van der Waals surface area contributed by atoms with Gasteiger partial charge in [-0.3, -0.25) is 38.5 Å². The van der Waals surface area contributed by atoms with Crippen molar-refractivity contribution in [1.82, 2.24) is 4.90 Å². The van der Waals surface area contributed by atoms with Crippen LogP contribution in [0.4, 0.5) is 0 Å². The first kappa shape index (κ1) is 46.0. The summed E-state index contributed by atoms with van der Waals surface area (Å²) < 4.78 is 56.6. The van der Waals surface area contributed by atoms with E-state index in [9.17, 15) is 33.6 Å². The Bertz CT molecular complexity index is 2270. The predicted molar refractivity (Wildman–Crippen MR) is 216 cm³/mol. The third kappa shape index (κ3) is 10.9. The van der Waals surface area contributed by atoms with Gasteiger partial charge >= 0.3 is 41.8 Å². The Hall–Kier alpha value is -6.53. The van der Waals surface area contributed by atoms with E-state index >= 15 is 0 Å². The van der Waals surface area contributed by atoms with Crippen LogP contribution in [0.25, 0.3) is 0 Å². The zero-order valence-electron chi connectivity index (χ0n) is 36.1. The van der Waals surface area contributed by atoms with E-state index in [1.807, 2.05) is 18.2 Å². The molecule has 3 heterocycles. The van der Waals surface area contributed by atoms with Gasteiger partial charge in [0.15, 0.2) is 35.2 Å². The van der Waals surface area contributed by atoms with Gasteiger partial charge in [-0.2, -0.15) is 0 Å². The number of esters is 7. The fourth-order valence-electron chi connectivity index (χ4n) is 8.31. The molecule has 0 aromatic heterocycles. The number of methoxy groups -OCH3 is 1. The molecule has 0 spiro atoms. The summed E-state index contributed by atoms with van der Waals surface area (Å²) >= 11 is 0. The second-order valence-electron chi connectivity index (χ2n) is 15.2. The standard InChI is InChI=1S/C45H49NO17/c1-22(47)55-21-39-42(59-26(5)51)43(60-27(6)52)44(61-28(7)53)45(63-39)62-32-12-9-29(10-13-32)17-35-40-31(11-14-36(56-23(2)48)41(40)58-25(4)50)18-34-33-20-37(54-8)38(57-24(3)49)19-30(33)15-16-46(34)35/h9-14,19-20,34-35,39,42-45H,15-18,21H2,1-8H3/t34-,35+,39+,42+,43-,44+,45+/m0/s1. The van der Waals surface area contributed by atoms with Gasteiger partial charge < -0.3 is 47.4 Å². The second-order valence-corrected chi connectivity index (χ2v) is 15.2. The molecule has 336 valence electrons. The lowest BCUT2D eigenvalue weighted by molar-refractivity contribution is -0.288. The first-order chi connectivity index (χ1) is 29.9.